The van der Waals surface area contributed by atoms with Crippen molar-refractivity contribution in [2.75, 3.05) is 0 Å². The van der Waals surface area contributed by atoms with Crippen LogP contribution < -0.4 is 0 Å². The molecule has 0 fully saturated rings. The zero-order chi connectivity index (χ0) is 10.8. The number of imidazole rings is 1. The molecule has 0 aliphatic rings. The van der Waals surface area contributed by atoms with Gasteiger partial charge in [-0.2, -0.15) is 0 Å². The van der Waals surface area contributed by atoms with E-state index in [4.69, 9.17) is 23.2 Å². The zero-order valence-electron chi connectivity index (χ0n) is 8.22. The quantitative estimate of drug-likeness (QED) is 0.904. The van der Waals surface area contributed by atoms with Crippen LogP contribution in [0.5, 0.6) is 0 Å². The zero-order valence-corrected chi connectivity index (χ0v) is 9.73. The van der Waals surface area contributed by atoms with Crippen molar-refractivity contribution >= 4 is 34.2 Å². The Morgan fingerprint density at radius 2 is 1.93 bits per heavy atom. The number of nitrogens with one attached hydrogen (secondary N) is 1. The summed E-state index contributed by atoms with van der Waals surface area (Å²) < 4.78 is 0. The molecule has 0 saturated carbocycles. The number of H-pyrrole nitrogens is 1. The summed E-state index contributed by atoms with van der Waals surface area (Å²) >= 11 is 11.7. The molecule has 0 aromatic carbocycles. The summed E-state index contributed by atoms with van der Waals surface area (Å²) in [5, 5.41) is 8.01. The lowest BCUT2D eigenvalue weighted by molar-refractivity contribution is 0.765. The predicted octanol–water partition coefficient (Wildman–Crippen LogP) is 3.00. The molecular formula is C9H10Cl2N4. The van der Waals surface area contributed by atoms with E-state index in [1.165, 1.54) is 0 Å². The second kappa shape index (κ2) is 4.33. The molecule has 0 amide bonds. The largest absolute Gasteiger partial charge is 0.339 e. The van der Waals surface area contributed by atoms with Crippen molar-refractivity contribution in [3.63, 3.8) is 0 Å². The fraction of sp³-hybridized carbons (Fsp3) is 0.444. The third-order valence-electron chi connectivity index (χ3n) is 2.15. The highest BCUT2D eigenvalue weighted by atomic mass is 35.5. The lowest BCUT2D eigenvalue weighted by atomic mass is 10.2. The average molecular weight is 245 g/mol. The second-order valence-corrected chi connectivity index (χ2v) is 4.01. The van der Waals surface area contributed by atoms with E-state index in [2.05, 4.69) is 27.1 Å². The number of hydrogen-bond acceptors (Lipinski definition) is 3. The van der Waals surface area contributed by atoms with Gasteiger partial charge in [-0.3, -0.25) is 0 Å². The van der Waals surface area contributed by atoms with Crippen LogP contribution in [0.4, 0.5) is 0 Å². The van der Waals surface area contributed by atoms with Crippen LogP contribution in [-0.4, -0.2) is 20.2 Å². The maximum absolute atomic E-state index is 5.87. The highest BCUT2D eigenvalue weighted by Crippen LogP contribution is 2.23. The number of hydrogen-bond donors (Lipinski definition) is 1. The molecule has 2 aromatic rings. The van der Waals surface area contributed by atoms with Crippen molar-refractivity contribution in [2.24, 2.45) is 0 Å². The number of aromatic nitrogens is 4. The minimum Gasteiger partial charge on any atom is -0.339 e. The Morgan fingerprint density at radius 1 is 1.20 bits per heavy atom. The number of fused-ring (bicyclic) bond motifs is 1. The van der Waals surface area contributed by atoms with Crippen molar-refractivity contribution in [1.29, 1.82) is 0 Å². The maximum Gasteiger partial charge on any atom is 0.179 e. The fourth-order valence-corrected chi connectivity index (χ4v) is 1.72. The van der Waals surface area contributed by atoms with Gasteiger partial charge < -0.3 is 4.98 Å². The first-order valence-corrected chi connectivity index (χ1v) is 5.54. The van der Waals surface area contributed by atoms with Crippen molar-refractivity contribution < 1.29 is 0 Å². The summed E-state index contributed by atoms with van der Waals surface area (Å²) in [5.74, 6) is 0.880. The molecule has 15 heavy (non-hydrogen) atoms. The Morgan fingerprint density at radius 3 is 2.60 bits per heavy atom. The predicted molar refractivity (Wildman–Crippen MR) is 60.3 cm³/mol. The van der Waals surface area contributed by atoms with Crippen LogP contribution in [0, 0.1) is 0 Å². The van der Waals surface area contributed by atoms with E-state index < -0.39 is 0 Å². The van der Waals surface area contributed by atoms with Gasteiger partial charge in [0.05, 0.1) is 0 Å². The van der Waals surface area contributed by atoms with E-state index in [-0.39, 0.29) is 5.15 Å². The summed E-state index contributed by atoms with van der Waals surface area (Å²) in [5.41, 5.74) is 1.27. The van der Waals surface area contributed by atoms with Gasteiger partial charge in [-0.25, -0.2) is 4.98 Å². The molecule has 2 rings (SSSR count). The van der Waals surface area contributed by atoms with E-state index in [9.17, 15) is 0 Å². The summed E-state index contributed by atoms with van der Waals surface area (Å²) in [6.07, 6.45) is 3.09. The van der Waals surface area contributed by atoms with Crippen molar-refractivity contribution in [1.82, 2.24) is 20.2 Å². The molecule has 1 N–H and O–H groups in total. The van der Waals surface area contributed by atoms with Crippen LogP contribution >= 0.6 is 23.2 Å². The van der Waals surface area contributed by atoms with Crippen molar-refractivity contribution in [3.8, 4) is 0 Å². The first-order valence-electron chi connectivity index (χ1n) is 4.78. The van der Waals surface area contributed by atoms with Crippen LogP contribution in [-0.2, 0) is 6.42 Å². The number of unbranched alkanes of at least 4 members (excludes halogenated alkanes) is 1. The third-order valence-corrected chi connectivity index (χ3v) is 2.67. The molecule has 4 nitrogen and oxygen atoms in total. The Labute approximate surface area is 97.0 Å². The van der Waals surface area contributed by atoms with Crippen molar-refractivity contribution in [3.05, 3.63) is 16.1 Å². The first-order chi connectivity index (χ1) is 7.22. The smallest absolute Gasteiger partial charge is 0.179 e. The minimum atomic E-state index is 0.286. The van der Waals surface area contributed by atoms with Gasteiger partial charge in [0.1, 0.15) is 16.9 Å². The van der Waals surface area contributed by atoms with Gasteiger partial charge in [-0.1, -0.05) is 36.5 Å². The lowest BCUT2D eigenvalue weighted by Gasteiger charge is -1.91. The fourth-order valence-electron chi connectivity index (χ4n) is 1.37. The molecule has 0 aliphatic heterocycles. The molecule has 0 spiro atoms. The molecule has 0 radical (unpaired) electrons. The summed E-state index contributed by atoms with van der Waals surface area (Å²) in [6, 6.07) is 0. The molecule has 2 heterocycles. The SMILES string of the molecule is CCCCc1nc2c(Cl)nnc(Cl)c2[nH]1. The molecule has 0 bridgehead atoms. The number of halogens is 2. The van der Waals surface area contributed by atoms with E-state index in [0.717, 1.165) is 25.1 Å². The molecular weight excluding hydrogens is 235 g/mol. The van der Waals surface area contributed by atoms with Crippen LogP contribution in [0.2, 0.25) is 10.3 Å². The average Bonchev–Trinajstić information content (AvgIpc) is 2.66. The van der Waals surface area contributed by atoms with Crippen molar-refractivity contribution in [2.45, 2.75) is 26.2 Å². The highest BCUT2D eigenvalue weighted by molar-refractivity contribution is 6.37. The summed E-state index contributed by atoms with van der Waals surface area (Å²) in [4.78, 5) is 7.45. The number of aryl methyl sites for hydroxylation is 1. The molecule has 0 aliphatic carbocycles. The van der Waals surface area contributed by atoms with Gasteiger partial charge in [0.2, 0.25) is 0 Å². The Kier molecular flexibility index (Phi) is 3.07. The molecule has 0 atom stereocenters. The van der Waals surface area contributed by atoms with Gasteiger partial charge in [-0.15, -0.1) is 10.2 Å². The Hall–Kier alpha value is -0.870. The Bertz CT molecular complexity index is 441. The lowest BCUT2D eigenvalue weighted by Crippen LogP contribution is -1.86. The van der Waals surface area contributed by atoms with E-state index in [0.29, 0.717) is 16.2 Å². The number of rotatable bonds is 3. The highest BCUT2D eigenvalue weighted by Gasteiger charge is 2.11. The van der Waals surface area contributed by atoms with E-state index in [1.807, 2.05) is 0 Å². The molecule has 80 valence electrons. The minimum absolute atomic E-state index is 0.286. The topological polar surface area (TPSA) is 54.5 Å². The van der Waals surface area contributed by atoms with Gasteiger partial charge in [0.15, 0.2) is 10.3 Å². The second-order valence-electron chi connectivity index (χ2n) is 3.29. The molecule has 0 unspecified atom stereocenters. The standard InChI is InChI=1S/C9H10Cl2N4/c1-2-3-4-5-12-6-7(13-5)9(11)15-14-8(6)10/h2-4H2,1H3,(H,12,13). The first kappa shape index (κ1) is 10.6. The molecule has 2 aromatic heterocycles. The van der Waals surface area contributed by atoms with E-state index >= 15 is 0 Å². The Balaban J connectivity index is 2.45. The maximum atomic E-state index is 5.87. The summed E-state index contributed by atoms with van der Waals surface area (Å²) in [7, 11) is 0. The molecule has 6 heteroatoms. The monoisotopic (exact) mass is 244 g/mol. The van der Waals surface area contributed by atoms with Crippen LogP contribution in [0.1, 0.15) is 25.6 Å². The van der Waals surface area contributed by atoms with Gasteiger partial charge in [0, 0.05) is 6.42 Å². The van der Waals surface area contributed by atoms with Gasteiger partial charge >= 0.3 is 0 Å². The number of aromatic amines is 1. The molecule has 0 saturated heterocycles. The van der Waals surface area contributed by atoms with Gasteiger partial charge in [-0.05, 0) is 6.42 Å². The normalized spacial score (nSPS) is 11.1. The van der Waals surface area contributed by atoms with Crippen LogP contribution in [0.25, 0.3) is 11.0 Å². The van der Waals surface area contributed by atoms with E-state index in [1.54, 1.807) is 0 Å². The van der Waals surface area contributed by atoms with Gasteiger partial charge in [0.25, 0.3) is 0 Å². The number of nitrogens with zero attached hydrogens (tertiary/aromatic N) is 3. The van der Waals surface area contributed by atoms with Crippen LogP contribution in [0.15, 0.2) is 0 Å². The third kappa shape index (κ3) is 2.06. The van der Waals surface area contributed by atoms with Crippen LogP contribution in [0.3, 0.4) is 0 Å². The summed E-state index contributed by atoms with van der Waals surface area (Å²) in [6.45, 7) is 2.13.